The van der Waals surface area contributed by atoms with Crippen LogP contribution in [0.2, 0.25) is 0 Å². The zero-order valence-corrected chi connectivity index (χ0v) is 16.8. The third-order valence-corrected chi connectivity index (χ3v) is 4.87. The molecule has 0 fully saturated rings. The quantitative estimate of drug-likeness (QED) is 0.424. The number of ether oxygens (including phenoxy) is 3. The molecule has 3 aromatic rings. The van der Waals surface area contributed by atoms with Crippen molar-refractivity contribution >= 4 is 23.2 Å². The number of carbonyl (C=O) groups is 1. The molecule has 0 saturated carbocycles. The van der Waals surface area contributed by atoms with E-state index < -0.39 is 5.97 Å². The number of furan rings is 1. The smallest absolute Gasteiger partial charge is 0.364 e. The first-order valence-corrected chi connectivity index (χ1v) is 10.0. The summed E-state index contributed by atoms with van der Waals surface area (Å²) in [7, 11) is 0. The number of cyclic esters (lactones) is 1. The molecule has 0 radical (unpaired) electrons. The van der Waals surface area contributed by atoms with Crippen molar-refractivity contribution in [3.63, 3.8) is 0 Å². The number of para-hydroxylation sites is 1. The number of nitrogens with zero attached hydrogens (tertiary/aromatic N) is 1. The number of hydrogen-bond acceptors (Lipinski definition) is 6. The van der Waals surface area contributed by atoms with Crippen LogP contribution in [0, 0.1) is 0 Å². The van der Waals surface area contributed by atoms with E-state index >= 15 is 0 Å². The first kappa shape index (κ1) is 18.9. The lowest BCUT2D eigenvalue weighted by Crippen LogP contribution is -2.08. The van der Waals surface area contributed by atoms with Crippen LogP contribution in [0.25, 0.3) is 11.3 Å². The van der Waals surface area contributed by atoms with Crippen molar-refractivity contribution < 1.29 is 23.4 Å². The van der Waals surface area contributed by atoms with Gasteiger partial charge in [0.05, 0.1) is 12.9 Å². The van der Waals surface area contributed by atoms with Crippen molar-refractivity contribution in [1.29, 1.82) is 0 Å². The topological polar surface area (TPSA) is 70.3 Å². The fraction of sp³-hybridized carbons (Fsp3) is 0.120. The van der Waals surface area contributed by atoms with E-state index in [-0.39, 0.29) is 11.6 Å². The molecule has 6 heteroatoms. The van der Waals surface area contributed by atoms with Crippen LogP contribution >= 0.6 is 0 Å². The summed E-state index contributed by atoms with van der Waals surface area (Å²) in [5, 5.41) is 0. The van der Waals surface area contributed by atoms with Gasteiger partial charge in [-0.15, -0.1) is 0 Å². The predicted molar refractivity (Wildman–Crippen MR) is 116 cm³/mol. The summed E-state index contributed by atoms with van der Waals surface area (Å²) < 4.78 is 22.5. The highest BCUT2D eigenvalue weighted by Crippen LogP contribution is 2.40. The summed E-state index contributed by atoms with van der Waals surface area (Å²) in [6.07, 6.45) is 4.27. The summed E-state index contributed by atoms with van der Waals surface area (Å²) in [6, 6.07) is 18.6. The average molecular weight is 413 g/mol. The molecule has 2 aliphatic heterocycles. The van der Waals surface area contributed by atoms with E-state index in [1.54, 1.807) is 12.1 Å². The molecule has 0 amide bonds. The van der Waals surface area contributed by atoms with Crippen LogP contribution in [0.4, 0.5) is 0 Å². The van der Waals surface area contributed by atoms with Crippen LogP contribution in [0.1, 0.15) is 30.2 Å². The molecule has 1 aromatic heterocycles. The maximum atomic E-state index is 12.7. The highest BCUT2D eigenvalue weighted by Gasteiger charge is 2.31. The lowest BCUT2D eigenvalue weighted by atomic mass is 9.97. The minimum atomic E-state index is -0.531. The number of benzene rings is 2. The Balaban J connectivity index is 1.58. The van der Waals surface area contributed by atoms with Gasteiger partial charge in [-0.25, -0.2) is 9.79 Å². The number of carbonyl (C=O) groups excluding carboxylic acids is 1. The molecule has 154 valence electrons. The van der Waals surface area contributed by atoms with Gasteiger partial charge in [-0.2, -0.15) is 0 Å². The SMILES string of the molecule is CCCOc1ccc(C2=C/C(=C3/N=C(c4ccco4)OC3=O)c3ccccc3O2)cc1. The normalized spacial score (nSPS) is 17.4. The molecule has 0 atom stereocenters. The Kier molecular flexibility index (Phi) is 4.88. The van der Waals surface area contributed by atoms with Gasteiger partial charge in [0.2, 0.25) is 0 Å². The minimum Gasteiger partial charge on any atom is -0.494 e. The zero-order valence-electron chi connectivity index (χ0n) is 16.8. The fourth-order valence-corrected chi connectivity index (χ4v) is 3.39. The molecule has 5 rings (SSSR count). The molecule has 31 heavy (non-hydrogen) atoms. The number of esters is 1. The number of hydrogen-bond donors (Lipinski definition) is 0. The summed E-state index contributed by atoms with van der Waals surface area (Å²) >= 11 is 0. The van der Waals surface area contributed by atoms with Crippen molar-refractivity contribution in [1.82, 2.24) is 0 Å². The molecule has 0 aliphatic carbocycles. The van der Waals surface area contributed by atoms with Gasteiger partial charge < -0.3 is 18.6 Å². The predicted octanol–water partition coefficient (Wildman–Crippen LogP) is 5.22. The van der Waals surface area contributed by atoms with E-state index in [2.05, 4.69) is 11.9 Å². The Morgan fingerprint density at radius 2 is 1.81 bits per heavy atom. The van der Waals surface area contributed by atoms with E-state index in [0.717, 1.165) is 23.3 Å². The maximum absolute atomic E-state index is 12.7. The summed E-state index contributed by atoms with van der Waals surface area (Å²) in [4.78, 5) is 17.1. The minimum absolute atomic E-state index is 0.147. The van der Waals surface area contributed by atoms with Gasteiger partial charge in [0, 0.05) is 16.7 Å². The largest absolute Gasteiger partial charge is 0.494 e. The number of rotatable bonds is 5. The molecular formula is C25H19NO5. The van der Waals surface area contributed by atoms with Crippen molar-refractivity contribution in [2.75, 3.05) is 6.61 Å². The van der Waals surface area contributed by atoms with Gasteiger partial charge in [-0.05, 0) is 55.0 Å². The summed E-state index contributed by atoms with van der Waals surface area (Å²) in [5.41, 5.74) is 2.47. The van der Waals surface area contributed by atoms with Gasteiger partial charge in [0.25, 0.3) is 5.90 Å². The molecule has 0 spiro atoms. The van der Waals surface area contributed by atoms with Crippen LogP contribution in [0.5, 0.6) is 11.5 Å². The Morgan fingerprint density at radius 1 is 0.968 bits per heavy atom. The van der Waals surface area contributed by atoms with Gasteiger partial charge in [0.1, 0.15) is 17.3 Å². The first-order valence-electron chi connectivity index (χ1n) is 10.0. The van der Waals surface area contributed by atoms with Crippen LogP contribution < -0.4 is 9.47 Å². The van der Waals surface area contributed by atoms with Gasteiger partial charge in [0.15, 0.2) is 11.5 Å². The Labute approximate surface area is 179 Å². The molecule has 0 saturated heterocycles. The van der Waals surface area contributed by atoms with E-state index in [9.17, 15) is 4.79 Å². The molecule has 3 heterocycles. The summed E-state index contributed by atoms with van der Waals surface area (Å²) in [6.45, 7) is 2.73. The number of allylic oxidation sites excluding steroid dienone is 2. The zero-order chi connectivity index (χ0) is 21.2. The standard InChI is InChI=1S/C25H19NO5/c1-2-13-28-17-11-9-16(10-12-17)22-15-19(18-6-3-4-7-20(18)30-22)23-25(27)31-24(26-23)21-8-5-14-29-21/h3-12,14-15H,2,13H2,1H3/b23-19-. The lowest BCUT2D eigenvalue weighted by molar-refractivity contribution is -0.130. The average Bonchev–Trinajstić information content (AvgIpc) is 3.47. The van der Waals surface area contributed by atoms with E-state index in [1.165, 1.54) is 6.26 Å². The van der Waals surface area contributed by atoms with Crippen LogP contribution in [0.15, 0.2) is 88.1 Å². The third kappa shape index (κ3) is 3.64. The highest BCUT2D eigenvalue weighted by atomic mass is 16.6. The Bertz CT molecular complexity index is 1220. The third-order valence-electron chi connectivity index (χ3n) is 4.87. The van der Waals surface area contributed by atoms with Crippen molar-refractivity contribution in [2.45, 2.75) is 13.3 Å². The number of aliphatic imine (C=N–C) groups is 1. The second-order valence-corrected chi connectivity index (χ2v) is 7.03. The molecule has 2 aliphatic rings. The molecule has 0 bridgehead atoms. The molecule has 2 aromatic carbocycles. The maximum Gasteiger partial charge on any atom is 0.364 e. The second kappa shape index (κ2) is 7.99. The van der Waals surface area contributed by atoms with Crippen molar-refractivity contribution in [2.24, 2.45) is 4.99 Å². The van der Waals surface area contributed by atoms with Crippen LogP contribution in [-0.2, 0) is 9.53 Å². The Morgan fingerprint density at radius 3 is 2.58 bits per heavy atom. The Hall–Kier alpha value is -4.06. The second-order valence-electron chi connectivity index (χ2n) is 7.03. The van der Waals surface area contributed by atoms with Crippen molar-refractivity contribution in [3.05, 3.63) is 95.6 Å². The van der Waals surface area contributed by atoms with Gasteiger partial charge >= 0.3 is 5.97 Å². The van der Waals surface area contributed by atoms with Crippen molar-refractivity contribution in [3.8, 4) is 11.5 Å². The molecule has 0 unspecified atom stereocenters. The van der Waals surface area contributed by atoms with Gasteiger partial charge in [-0.3, -0.25) is 0 Å². The highest BCUT2D eigenvalue weighted by molar-refractivity contribution is 6.15. The molecular weight excluding hydrogens is 394 g/mol. The summed E-state index contributed by atoms with van der Waals surface area (Å²) in [5.74, 6) is 2.07. The van der Waals surface area contributed by atoms with Crippen LogP contribution in [-0.4, -0.2) is 18.5 Å². The van der Waals surface area contributed by atoms with E-state index in [4.69, 9.17) is 18.6 Å². The van der Waals surface area contributed by atoms with E-state index in [0.29, 0.717) is 29.4 Å². The number of fused-ring (bicyclic) bond motifs is 1. The van der Waals surface area contributed by atoms with Gasteiger partial charge in [-0.1, -0.05) is 25.1 Å². The fourth-order valence-electron chi connectivity index (χ4n) is 3.39. The van der Waals surface area contributed by atoms with Crippen LogP contribution in [0.3, 0.4) is 0 Å². The molecule has 0 N–H and O–H groups in total. The molecule has 6 nitrogen and oxygen atoms in total. The monoisotopic (exact) mass is 413 g/mol. The lowest BCUT2D eigenvalue weighted by Gasteiger charge is -2.21. The van der Waals surface area contributed by atoms with E-state index in [1.807, 2.05) is 54.6 Å². The first-order chi connectivity index (χ1) is 15.2.